The number of hydrogen-bond donors (Lipinski definition) is 0. The normalized spacial score (nSPS) is 12.9. The fourth-order valence-corrected chi connectivity index (χ4v) is 11.8. The van der Waals surface area contributed by atoms with Gasteiger partial charge >= 0.3 is 0 Å². The second-order valence-corrected chi connectivity index (χ2v) is 19.5. The molecule has 75 heavy (non-hydrogen) atoms. The molecule has 3 aromatic heterocycles. The number of rotatable bonds is 8. The molecule has 0 bridgehead atoms. The van der Waals surface area contributed by atoms with Crippen LogP contribution in [0.5, 0.6) is 0 Å². The number of aromatic nitrogens is 5. The minimum absolute atomic E-state index is 0.194. The predicted octanol–water partition coefficient (Wildman–Crippen LogP) is 17.6. The van der Waals surface area contributed by atoms with E-state index in [0.29, 0.717) is 17.5 Å². The highest BCUT2D eigenvalue weighted by molar-refractivity contribution is 6.12. The third-order valence-electron chi connectivity index (χ3n) is 15.3. The van der Waals surface area contributed by atoms with Crippen LogP contribution in [0.3, 0.4) is 0 Å². The van der Waals surface area contributed by atoms with Crippen LogP contribution in [0.15, 0.2) is 267 Å². The second kappa shape index (κ2) is 17.4. The number of fused-ring (bicyclic) bond motifs is 9. The summed E-state index contributed by atoms with van der Waals surface area (Å²) in [7, 11) is 0. The Morgan fingerprint density at radius 2 is 0.693 bits per heavy atom. The van der Waals surface area contributed by atoms with Crippen molar-refractivity contribution in [2.24, 2.45) is 0 Å². The minimum atomic E-state index is 0.194. The van der Waals surface area contributed by atoms with Crippen molar-refractivity contribution in [3.05, 3.63) is 284 Å². The monoisotopic (exact) mass is 955 g/mol. The molecule has 5 heteroatoms. The molecule has 3 heterocycles. The lowest BCUT2D eigenvalue weighted by atomic mass is 9.89. The molecule has 0 N–H and O–H groups in total. The summed E-state index contributed by atoms with van der Waals surface area (Å²) in [5.74, 6) is 2.08. The highest BCUT2D eigenvalue weighted by atomic mass is 15.1. The quantitative estimate of drug-likeness (QED) is 0.152. The van der Waals surface area contributed by atoms with Crippen molar-refractivity contribution in [2.75, 3.05) is 0 Å². The van der Waals surface area contributed by atoms with Crippen LogP contribution in [0.1, 0.15) is 22.6 Å². The van der Waals surface area contributed by atoms with Crippen LogP contribution in [-0.4, -0.2) is 24.1 Å². The van der Waals surface area contributed by atoms with Crippen molar-refractivity contribution in [3.63, 3.8) is 0 Å². The van der Waals surface area contributed by atoms with Crippen molar-refractivity contribution in [1.29, 1.82) is 0 Å². The van der Waals surface area contributed by atoms with Crippen molar-refractivity contribution < 1.29 is 0 Å². The molecule has 1 aliphatic carbocycles. The molecule has 0 saturated heterocycles. The Labute approximate surface area is 434 Å². The van der Waals surface area contributed by atoms with Gasteiger partial charge in [0.25, 0.3) is 0 Å². The lowest BCUT2D eigenvalue weighted by molar-refractivity contribution is 1.02. The van der Waals surface area contributed by atoms with E-state index < -0.39 is 0 Å². The van der Waals surface area contributed by atoms with Gasteiger partial charge in [0.2, 0.25) is 0 Å². The van der Waals surface area contributed by atoms with Gasteiger partial charge < -0.3 is 9.13 Å². The topological polar surface area (TPSA) is 48.5 Å². The van der Waals surface area contributed by atoms with Crippen molar-refractivity contribution >= 4 is 43.6 Å². The Hall–Kier alpha value is -9.97. The van der Waals surface area contributed by atoms with Gasteiger partial charge in [-0.25, -0.2) is 15.0 Å². The highest BCUT2D eigenvalue weighted by Gasteiger charge is 2.30. The Bertz CT molecular complexity index is 4420. The lowest BCUT2D eigenvalue weighted by Crippen LogP contribution is -2.04. The highest BCUT2D eigenvalue weighted by Crippen LogP contribution is 2.49. The fourth-order valence-electron chi connectivity index (χ4n) is 11.8. The summed E-state index contributed by atoms with van der Waals surface area (Å²) in [4.78, 5) is 15.2. The zero-order valence-corrected chi connectivity index (χ0v) is 40.7. The number of nitrogens with zero attached hydrogens (tertiary/aromatic N) is 5. The van der Waals surface area contributed by atoms with Crippen molar-refractivity contribution in [3.8, 4) is 78.9 Å². The Morgan fingerprint density at radius 1 is 0.253 bits per heavy atom. The summed E-state index contributed by atoms with van der Waals surface area (Å²) in [5, 5.41) is 4.83. The van der Waals surface area contributed by atoms with Gasteiger partial charge in [0, 0.05) is 44.2 Å². The van der Waals surface area contributed by atoms with Crippen LogP contribution in [0, 0.1) is 0 Å². The molecule has 1 aliphatic rings. The van der Waals surface area contributed by atoms with Crippen LogP contribution >= 0.6 is 0 Å². The van der Waals surface area contributed by atoms with E-state index in [2.05, 4.69) is 215 Å². The molecule has 1 unspecified atom stereocenters. The van der Waals surface area contributed by atoms with E-state index in [4.69, 9.17) is 15.0 Å². The third-order valence-corrected chi connectivity index (χ3v) is 15.3. The molecule has 14 aromatic rings. The summed E-state index contributed by atoms with van der Waals surface area (Å²) >= 11 is 0. The van der Waals surface area contributed by atoms with Crippen molar-refractivity contribution in [2.45, 2.75) is 5.92 Å². The van der Waals surface area contributed by atoms with Crippen LogP contribution < -0.4 is 0 Å². The van der Waals surface area contributed by atoms with Gasteiger partial charge in [-0.1, -0.05) is 218 Å². The SMILES string of the molecule is c1ccc(-c2nc(-c3ccccc3)nc(-c3cccc(-c4ccc(-n5c6ccccc6c6ccccc65)c(-n5c6ccccc6c6ccc(-c7ccc8c(c7)-c7ccccc7C8c7ccccc7)cc65)c4)c3)n2)cc1. The molecular weight excluding hydrogens is 911 g/mol. The first kappa shape index (κ1) is 42.7. The molecule has 5 nitrogen and oxygen atoms in total. The van der Waals surface area contributed by atoms with Gasteiger partial charge in [-0.2, -0.15) is 0 Å². The summed E-state index contributed by atoms with van der Waals surface area (Å²) < 4.78 is 4.95. The number of benzene rings is 11. The van der Waals surface area contributed by atoms with E-state index in [1.165, 1.54) is 60.5 Å². The van der Waals surface area contributed by atoms with E-state index in [-0.39, 0.29) is 5.92 Å². The van der Waals surface area contributed by atoms with Gasteiger partial charge in [0.15, 0.2) is 17.5 Å². The molecule has 0 aliphatic heterocycles. The number of hydrogen-bond acceptors (Lipinski definition) is 3. The molecule has 0 radical (unpaired) electrons. The van der Waals surface area contributed by atoms with Crippen LogP contribution in [0.25, 0.3) is 123 Å². The molecule has 0 amide bonds. The van der Waals surface area contributed by atoms with E-state index in [1.807, 2.05) is 60.7 Å². The minimum Gasteiger partial charge on any atom is -0.307 e. The Balaban J connectivity index is 0.941. The smallest absolute Gasteiger partial charge is 0.164 e. The third kappa shape index (κ3) is 7.04. The first-order chi connectivity index (χ1) is 37.2. The van der Waals surface area contributed by atoms with Crippen LogP contribution in [0.2, 0.25) is 0 Å². The predicted molar refractivity (Wildman–Crippen MR) is 309 cm³/mol. The molecule has 1 atom stereocenters. The van der Waals surface area contributed by atoms with Gasteiger partial charge in [0.1, 0.15) is 0 Å². The zero-order valence-electron chi connectivity index (χ0n) is 40.7. The first-order valence-corrected chi connectivity index (χ1v) is 25.6. The molecule has 0 fully saturated rings. The average Bonchev–Trinajstić information content (AvgIpc) is 4.15. The van der Waals surface area contributed by atoms with Gasteiger partial charge in [-0.15, -0.1) is 0 Å². The Kier molecular flexibility index (Phi) is 9.88. The Morgan fingerprint density at radius 3 is 1.35 bits per heavy atom. The van der Waals surface area contributed by atoms with Crippen LogP contribution in [0.4, 0.5) is 0 Å². The molecule has 11 aromatic carbocycles. The largest absolute Gasteiger partial charge is 0.307 e. The van der Waals surface area contributed by atoms with E-state index in [1.54, 1.807) is 0 Å². The standard InChI is InChI=1S/C70H45N5/c1-4-19-45(20-5-1)67-58-31-11-10-27-53(58)60-42-49(36-39-59(60)67)50-35-38-57-56-30-14-17-34-63(56)75(65(57)43-50)66-44-51(37-40-64(66)74-61-32-15-12-28-54(61)55-29-13-16-33-62(55)74)48-25-18-26-52(41-48)70-72-68(46-21-6-2-7-22-46)71-69(73-70)47-23-8-3-9-24-47/h1-44,67H. The first-order valence-electron chi connectivity index (χ1n) is 25.6. The number of para-hydroxylation sites is 3. The lowest BCUT2D eigenvalue weighted by Gasteiger charge is -2.19. The summed E-state index contributed by atoms with van der Waals surface area (Å²) in [6, 6.07) is 96.3. The van der Waals surface area contributed by atoms with Gasteiger partial charge in [-0.3, -0.25) is 0 Å². The van der Waals surface area contributed by atoms with Gasteiger partial charge in [-0.05, 0) is 98.6 Å². The summed E-state index contributed by atoms with van der Waals surface area (Å²) in [5.41, 5.74) is 20.6. The molecule has 350 valence electrons. The molecule has 15 rings (SSSR count). The zero-order chi connectivity index (χ0) is 49.4. The molecule has 0 saturated carbocycles. The average molecular weight is 956 g/mol. The van der Waals surface area contributed by atoms with E-state index >= 15 is 0 Å². The maximum Gasteiger partial charge on any atom is 0.164 e. The summed E-state index contributed by atoms with van der Waals surface area (Å²) in [6.45, 7) is 0. The van der Waals surface area contributed by atoms with Crippen molar-refractivity contribution in [1.82, 2.24) is 24.1 Å². The maximum atomic E-state index is 5.12. The second-order valence-electron chi connectivity index (χ2n) is 19.5. The van der Waals surface area contributed by atoms with Gasteiger partial charge in [0.05, 0.1) is 33.4 Å². The summed E-state index contributed by atoms with van der Waals surface area (Å²) in [6.07, 6.45) is 0. The van der Waals surface area contributed by atoms with Crippen LogP contribution in [-0.2, 0) is 0 Å². The molecular formula is C70H45N5. The maximum absolute atomic E-state index is 5.12. The molecule has 0 spiro atoms. The van der Waals surface area contributed by atoms with E-state index in [9.17, 15) is 0 Å². The van der Waals surface area contributed by atoms with E-state index in [0.717, 1.165) is 61.3 Å². The fraction of sp³-hybridized carbons (Fsp3) is 0.0143.